The molecule has 0 saturated heterocycles. The number of hydrogen-bond acceptors (Lipinski definition) is 5. The number of carbonyl (C=O) groups excluding carboxylic acids is 2. The highest BCUT2D eigenvalue weighted by Crippen LogP contribution is 2.11. The van der Waals surface area contributed by atoms with Crippen molar-refractivity contribution in [3.63, 3.8) is 0 Å². The lowest BCUT2D eigenvalue weighted by molar-refractivity contribution is -0.141. The minimum atomic E-state index is -0.370. The van der Waals surface area contributed by atoms with Crippen LogP contribution in [0.2, 0.25) is 5.02 Å². The summed E-state index contributed by atoms with van der Waals surface area (Å²) in [6.45, 7) is 1.07. The number of amides is 1. The zero-order chi connectivity index (χ0) is 17.1. The lowest BCUT2D eigenvalue weighted by Gasteiger charge is -2.22. The minimum Gasteiger partial charge on any atom is -0.469 e. The minimum absolute atomic E-state index is 0.0686. The molecule has 128 valence electrons. The number of esters is 1. The fraction of sp³-hybridized carbons (Fsp3) is 0.500. The maximum absolute atomic E-state index is 12.4. The summed E-state index contributed by atoms with van der Waals surface area (Å²) in [7, 11) is 1.31. The molecule has 0 unspecified atom stereocenters. The molecule has 1 aromatic carbocycles. The van der Waals surface area contributed by atoms with Crippen LogP contribution in [0.5, 0.6) is 0 Å². The van der Waals surface area contributed by atoms with Crippen LogP contribution < -0.4 is 0 Å². The van der Waals surface area contributed by atoms with Crippen molar-refractivity contribution in [3.8, 4) is 0 Å². The topological polar surface area (TPSA) is 76.1 Å². The quantitative estimate of drug-likeness (QED) is 0.511. The van der Waals surface area contributed by atoms with E-state index in [-0.39, 0.29) is 44.5 Å². The SMILES string of the molecule is COC(=O)CCN(CCOCCO)C(=O)Cc1ccc(Cl)cc1. The average molecular weight is 344 g/mol. The second-order valence-corrected chi connectivity index (χ2v) is 5.28. The van der Waals surface area contributed by atoms with Crippen molar-refractivity contribution in [3.05, 3.63) is 34.9 Å². The predicted octanol–water partition coefficient (Wildman–Crippen LogP) is 1.28. The zero-order valence-electron chi connectivity index (χ0n) is 13.2. The Balaban J connectivity index is 2.58. The highest BCUT2D eigenvalue weighted by molar-refractivity contribution is 6.30. The van der Waals surface area contributed by atoms with Crippen LogP contribution in [-0.4, -0.2) is 61.9 Å². The first-order valence-corrected chi connectivity index (χ1v) is 7.72. The molecule has 0 radical (unpaired) electrons. The summed E-state index contributed by atoms with van der Waals surface area (Å²) in [5.74, 6) is -0.477. The standard InChI is InChI=1S/C16H22ClNO5/c1-22-16(21)6-7-18(8-10-23-11-9-19)15(20)12-13-2-4-14(17)5-3-13/h2-5,19H,6-12H2,1H3. The fourth-order valence-electron chi connectivity index (χ4n) is 1.92. The summed E-state index contributed by atoms with van der Waals surface area (Å²) in [5.41, 5.74) is 0.846. The molecule has 0 aliphatic carbocycles. The molecular formula is C16H22ClNO5. The number of ether oxygens (including phenoxy) is 2. The smallest absolute Gasteiger partial charge is 0.307 e. The van der Waals surface area contributed by atoms with Crippen LogP contribution in [0, 0.1) is 0 Å². The highest BCUT2D eigenvalue weighted by atomic mass is 35.5. The van der Waals surface area contributed by atoms with Crippen molar-refractivity contribution < 1.29 is 24.2 Å². The van der Waals surface area contributed by atoms with Crippen molar-refractivity contribution >= 4 is 23.5 Å². The van der Waals surface area contributed by atoms with Gasteiger partial charge in [-0.1, -0.05) is 23.7 Å². The third-order valence-corrected chi connectivity index (χ3v) is 3.43. The van der Waals surface area contributed by atoms with Crippen molar-refractivity contribution in [2.75, 3.05) is 40.0 Å². The molecule has 1 rings (SSSR count). The van der Waals surface area contributed by atoms with E-state index in [9.17, 15) is 9.59 Å². The molecule has 0 fully saturated rings. The molecule has 1 N–H and O–H groups in total. The van der Waals surface area contributed by atoms with Gasteiger partial charge in [-0.15, -0.1) is 0 Å². The lowest BCUT2D eigenvalue weighted by Crippen LogP contribution is -2.37. The number of aliphatic hydroxyl groups is 1. The molecule has 6 nitrogen and oxygen atoms in total. The van der Waals surface area contributed by atoms with Gasteiger partial charge in [0.05, 0.1) is 39.8 Å². The molecular weight excluding hydrogens is 322 g/mol. The van der Waals surface area contributed by atoms with Gasteiger partial charge in [-0.05, 0) is 17.7 Å². The molecule has 0 bridgehead atoms. The van der Waals surface area contributed by atoms with Crippen molar-refractivity contribution in [1.29, 1.82) is 0 Å². The number of benzene rings is 1. The molecule has 7 heteroatoms. The van der Waals surface area contributed by atoms with E-state index in [1.54, 1.807) is 29.2 Å². The normalized spacial score (nSPS) is 10.4. The van der Waals surface area contributed by atoms with Crippen molar-refractivity contribution in [1.82, 2.24) is 4.90 Å². The largest absolute Gasteiger partial charge is 0.469 e. The van der Waals surface area contributed by atoms with E-state index in [4.69, 9.17) is 21.4 Å². The number of rotatable bonds is 10. The number of methoxy groups -OCH3 is 1. The first kappa shape index (κ1) is 19.4. The summed E-state index contributed by atoms with van der Waals surface area (Å²) < 4.78 is 9.78. The summed E-state index contributed by atoms with van der Waals surface area (Å²) in [6.07, 6.45) is 0.348. The highest BCUT2D eigenvalue weighted by Gasteiger charge is 2.15. The van der Waals surface area contributed by atoms with Crippen LogP contribution in [0.4, 0.5) is 0 Å². The van der Waals surface area contributed by atoms with E-state index in [0.717, 1.165) is 5.56 Å². The Labute approximate surface area is 140 Å². The predicted molar refractivity (Wildman–Crippen MR) is 86.3 cm³/mol. The van der Waals surface area contributed by atoms with Gasteiger partial charge in [0, 0.05) is 18.1 Å². The van der Waals surface area contributed by atoms with Gasteiger partial charge >= 0.3 is 5.97 Å². The molecule has 0 saturated carbocycles. The first-order valence-electron chi connectivity index (χ1n) is 7.34. The summed E-state index contributed by atoms with van der Waals surface area (Å²) in [5, 5.41) is 9.30. The molecule has 1 amide bonds. The van der Waals surface area contributed by atoms with E-state index in [2.05, 4.69) is 4.74 Å². The van der Waals surface area contributed by atoms with Gasteiger partial charge in [-0.2, -0.15) is 0 Å². The second-order valence-electron chi connectivity index (χ2n) is 4.85. The number of aliphatic hydroxyl groups excluding tert-OH is 1. The average Bonchev–Trinajstić information content (AvgIpc) is 2.55. The maximum atomic E-state index is 12.4. The number of hydrogen-bond donors (Lipinski definition) is 1. The van der Waals surface area contributed by atoms with E-state index < -0.39 is 0 Å². The summed E-state index contributed by atoms with van der Waals surface area (Å²) in [6, 6.07) is 7.04. The van der Waals surface area contributed by atoms with Crippen LogP contribution in [-0.2, 0) is 25.5 Å². The van der Waals surface area contributed by atoms with Crippen LogP contribution >= 0.6 is 11.6 Å². The van der Waals surface area contributed by atoms with Crippen LogP contribution in [0.3, 0.4) is 0 Å². The lowest BCUT2D eigenvalue weighted by atomic mass is 10.1. The Hall–Kier alpha value is -1.63. The van der Waals surface area contributed by atoms with Crippen molar-refractivity contribution in [2.24, 2.45) is 0 Å². The van der Waals surface area contributed by atoms with Gasteiger partial charge in [0.15, 0.2) is 0 Å². The Kier molecular flexibility index (Phi) is 9.28. The molecule has 0 heterocycles. The monoisotopic (exact) mass is 343 g/mol. The Morgan fingerprint density at radius 2 is 1.87 bits per heavy atom. The van der Waals surface area contributed by atoms with Crippen LogP contribution in [0.25, 0.3) is 0 Å². The molecule has 0 aliphatic rings. The van der Waals surface area contributed by atoms with Gasteiger partial charge in [0.2, 0.25) is 5.91 Å². The van der Waals surface area contributed by atoms with Gasteiger partial charge in [0.25, 0.3) is 0 Å². The zero-order valence-corrected chi connectivity index (χ0v) is 13.9. The number of halogens is 1. The fourth-order valence-corrected chi connectivity index (χ4v) is 2.05. The van der Waals surface area contributed by atoms with E-state index in [1.165, 1.54) is 7.11 Å². The second kappa shape index (κ2) is 11.0. The third kappa shape index (κ3) is 7.97. The maximum Gasteiger partial charge on any atom is 0.307 e. The summed E-state index contributed by atoms with van der Waals surface area (Å²) >= 11 is 5.83. The third-order valence-electron chi connectivity index (χ3n) is 3.18. The first-order chi connectivity index (χ1) is 11.1. The van der Waals surface area contributed by atoms with E-state index >= 15 is 0 Å². The van der Waals surface area contributed by atoms with E-state index in [1.807, 2.05) is 0 Å². The Bertz CT molecular complexity index is 492. The number of carbonyl (C=O) groups is 2. The van der Waals surface area contributed by atoms with Gasteiger partial charge in [0.1, 0.15) is 0 Å². The van der Waals surface area contributed by atoms with Gasteiger partial charge < -0.3 is 19.5 Å². The molecule has 0 aromatic heterocycles. The van der Waals surface area contributed by atoms with Gasteiger partial charge in [-0.3, -0.25) is 9.59 Å². The van der Waals surface area contributed by atoms with Crippen LogP contribution in [0.15, 0.2) is 24.3 Å². The Morgan fingerprint density at radius 3 is 2.48 bits per heavy atom. The molecule has 0 atom stereocenters. The molecule has 0 aliphatic heterocycles. The molecule has 23 heavy (non-hydrogen) atoms. The molecule has 1 aromatic rings. The van der Waals surface area contributed by atoms with Gasteiger partial charge in [-0.25, -0.2) is 0 Å². The Morgan fingerprint density at radius 1 is 1.17 bits per heavy atom. The van der Waals surface area contributed by atoms with Crippen LogP contribution in [0.1, 0.15) is 12.0 Å². The molecule has 0 spiro atoms. The van der Waals surface area contributed by atoms with Crippen molar-refractivity contribution in [2.45, 2.75) is 12.8 Å². The van der Waals surface area contributed by atoms with E-state index in [0.29, 0.717) is 18.2 Å². The summed E-state index contributed by atoms with van der Waals surface area (Å²) in [4.78, 5) is 25.2. The number of nitrogens with zero attached hydrogens (tertiary/aromatic N) is 1.